The van der Waals surface area contributed by atoms with Gasteiger partial charge in [0.2, 0.25) is 0 Å². The number of para-hydroxylation sites is 1. The number of unbranched alkanes of at least 4 members (excludes halogenated alkanes) is 1. The summed E-state index contributed by atoms with van der Waals surface area (Å²) in [4.78, 5) is 14.0. The lowest BCUT2D eigenvalue weighted by Gasteiger charge is -2.36. The Morgan fingerprint density at radius 1 is 1.28 bits per heavy atom. The molecule has 6 heteroatoms. The molecule has 2 aromatic carbocycles. The first-order chi connectivity index (χ1) is 14.0. The van der Waals surface area contributed by atoms with Gasteiger partial charge in [0.15, 0.2) is 18.2 Å². The van der Waals surface area contributed by atoms with Crippen LogP contribution in [0.15, 0.2) is 47.4 Å². The van der Waals surface area contributed by atoms with Crippen molar-refractivity contribution in [1.82, 2.24) is 0 Å². The molecule has 1 unspecified atom stereocenters. The summed E-state index contributed by atoms with van der Waals surface area (Å²) in [6, 6.07) is 13.2. The van der Waals surface area contributed by atoms with E-state index in [1.165, 1.54) is 6.07 Å². The largest absolute Gasteiger partial charge is 0.479 e. The zero-order valence-electron chi connectivity index (χ0n) is 17.0. The molecule has 4 nitrogen and oxygen atoms in total. The van der Waals surface area contributed by atoms with Gasteiger partial charge in [0.1, 0.15) is 0 Å². The fraction of sp³-hybridized carbons (Fsp3) is 0.435. The highest BCUT2D eigenvalue weighted by atomic mass is 32.2. The third-order valence-electron chi connectivity index (χ3n) is 5.56. The van der Waals surface area contributed by atoms with Gasteiger partial charge in [0, 0.05) is 28.9 Å². The number of carboxylic acid groups (broad SMARTS) is 1. The van der Waals surface area contributed by atoms with Crippen molar-refractivity contribution in [2.75, 3.05) is 23.8 Å². The molecule has 0 fully saturated rings. The normalized spacial score (nSPS) is 18.8. The number of halogens is 1. The van der Waals surface area contributed by atoms with Crippen molar-refractivity contribution in [3.05, 3.63) is 48.3 Å². The van der Waals surface area contributed by atoms with Crippen LogP contribution in [0, 0.1) is 11.2 Å². The number of ether oxygens (including phenoxy) is 1. The minimum atomic E-state index is -1.12. The molecule has 1 atom stereocenters. The van der Waals surface area contributed by atoms with Gasteiger partial charge in [0.05, 0.1) is 5.69 Å². The summed E-state index contributed by atoms with van der Waals surface area (Å²) in [7, 11) is 0. The molecule has 0 saturated carbocycles. The predicted octanol–water partition coefficient (Wildman–Crippen LogP) is 6.12. The van der Waals surface area contributed by atoms with E-state index in [0.29, 0.717) is 0 Å². The average molecular weight is 418 g/mol. The predicted molar refractivity (Wildman–Crippen MR) is 116 cm³/mol. The lowest BCUT2D eigenvalue weighted by Crippen LogP contribution is -2.36. The Bertz CT molecular complexity index is 846. The molecule has 0 spiro atoms. The fourth-order valence-corrected chi connectivity index (χ4v) is 5.14. The number of aliphatic carboxylic acids is 1. The van der Waals surface area contributed by atoms with Gasteiger partial charge in [-0.3, -0.25) is 0 Å². The quantitative estimate of drug-likeness (QED) is 0.561. The van der Waals surface area contributed by atoms with Crippen molar-refractivity contribution in [1.29, 1.82) is 0 Å². The SMILES string of the molecule is CCCCC1(CC)CSc2cc(OCC(=O)O)c(F)cc2N(c2ccccc2)C1. The molecular weight excluding hydrogens is 389 g/mol. The van der Waals surface area contributed by atoms with Gasteiger partial charge in [-0.15, -0.1) is 11.8 Å². The zero-order chi connectivity index (χ0) is 20.9. The Balaban J connectivity index is 2.04. The van der Waals surface area contributed by atoms with Crippen molar-refractivity contribution in [2.45, 2.75) is 44.4 Å². The summed E-state index contributed by atoms with van der Waals surface area (Å²) in [5.41, 5.74) is 1.96. The van der Waals surface area contributed by atoms with E-state index in [9.17, 15) is 9.18 Å². The molecule has 1 aliphatic rings. The fourth-order valence-electron chi connectivity index (χ4n) is 3.73. The first-order valence-corrected chi connectivity index (χ1v) is 11.1. The smallest absolute Gasteiger partial charge is 0.341 e. The van der Waals surface area contributed by atoms with E-state index in [-0.39, 0.29) is 11.2 Å². The van der Waals surface area contributed by atoms with E-state index >= 15 is 0 Å². The average Bonchev–Trinajstić information content (AvgIpc) is 2.89. The number of carboxylic acids is 1. The maximum Gasteiger partial charge on any atom is 0.341 e. The summed E-state index contributed by atoms with van der Waals surface area (Å²) >= 11 is 1.71. The molecule has 0 amide bonds. The first kappa shape index (κ1) is 21.5. The van der Waals surface area contributed by atoms with Crippen LogP contribution < -0.4 is 9.64 Å². The van der Waals surface area contributed by atoms with E-state index in [2.05, 4.69) is 18.7 Å². The van der Waals surface area contributed by atoms with Crippen LogP contribution >= 0.6 is 11.8 Å². The molecule has 0 aliphatic carbocycles. The molecule has 1 aliphatic heterocycles. The van der Waals surface area contributed by atoms with Gasteiger partial charge in [0.25, 0.3) is 0 Å². The summed E-state index contributed by atoms with van der Waals surface area (Å²) < 4.78 is 20.0. The molecule has 2 aromatic rings. The van der Waals surface area contributed by atoms with Crippen LogP contribution in [-0.4, -0.2) is 30.0 Å². The third-order valence-corrected chi connectivity index (χ3v) is 6.96. The van der Waals surface area contributed by atoms with E-state index in [1.807, 2.05) is 30.3 Å². The Hall–Kier alpha value is -2.21. The Morgan fingerprint density at radius 2 is 2.03 bits per heavy atom. The number of hydrogen-bond donors (Lipinski definition) is 1. The van der Waals surface area contributed by atoms with Crippen LogP contribution in [0.25, 0.3) is 0 Å². The Kier molecular flexibility index (Phi) is 7.06. The molecule has 0 aromatic heterocycles. The second-order valence-electron chi connectivity index (χ2n) is 7.60. The van der Waals surface area contributed by atoms with Gasteiger partial charge in [-0.1, -0.05) is 44.9 Å². The molecular formula is C23H28FNO3S. The number of hydrogen-bond acceptors (Lipinski definition) is 4. The lowest BCUT2D eigenvalue weighted by atomic mass is 9.81. The summed E-state index contributed by atoms with van der Waals surface area (Å²) in [5, 5.41) is 8.86. The highest BCUT2D eigenvalue weighted by molar-refractivity contribution is 7.99. The van der Waals surface area contributed by atoms with Crippen LogP contribution in [-0.2, 0) is 4.79 Å². The van der Waals surface area contributed by atoms with E-state index < -0.39 is 18.4 Å². The molecule has 0 radical (unpaired) electrons. The van der Waals surface area contributed by atoms with Crippen LogP contribution in [0.2, 0.25) is 0 Å². The lowest BCUT2D eigenvalue weighted by molar-refractivity contribution is -0.139. The number of carbonyl (C=O) groups is 1. The van der Waals surface area contributed by atoms with Crippen LogP contribution in [0.1, 0.15) is 39.5 Å². The number of rotatable bonds is 8. The zero-order valence-corrected chi connectivity index (χ0v) is 17.8. The van der Waals surface area contributed by atoms with Gasteiger partial charge in [-0.05, 0) is 36.5 Å². The standard InChI is InChI=1S/C23H28FNO3S/c1-3-5-11-23(4-2)15-25(17-9-7-6-8-10-17)19-12-18(24)20(28-14-22(26)27)13-21(19)29-16-23/h6-10,12-13H,3-5,11,14-16H2,1-2H3,(H,26,27). The highest BCUT2D eigenvalue weighted by Gasteiger charge is 2.35. The Morgan fingerprint density at radius 3 is 2.69 bits per heavy atom. The van der Waals surface area contributed by atoms with Crippen molar-refractivity contribution in [3.63, 3.8) is 0 Å². The minimum Gasteiger partial charge on any atom is -0.479 e. The second kappa shape index (κ2) is 9.53. The maximum atomic E-state index is 14.8. The van der Waals surface area contributed by atoms with Crippen molar-refractivity contribution in [2.24, 2.45) is 5.41 Å². The number of anilines is 2. The van der Waals surface area contributed by atoms with Gasteiger partial charge < -0.3 is 14.7 Å². The second-order valence-corrected chi connectivity index (χ2v) is 8.62. The molecule has 156 valence electrons. The summed E-state index contributed by atoms with van der Waals surface area (Å²) in [6.07, 6.45) is 4.47. The van der Waals surface area contributed by atoms with Gasteiger partial charge in [-0.2, -0.15) is 0 Å². The maximum absolute atomic E-state index is 14.8. The minimum absolute atomic E-state index is 0.00998. The van der Waals surface area contributed by atoms with Crippen LogP contribution in [0.4, 0.5) is 15.8 Å². The number of nitrogens with zero attached hydrogens (tertiary/aromatic N) is 1. The van der Waals surface area contributed by atoms with E-state index in [0.717, 1.165) is 54.3 Å². The number of fused-ring (bicyclic) bond motifs is 1. The van der Waals surface area contributed by atoms with Crippen molar-refractivity contribution < 1.29 is 19.0 Å². The molecule has 0 bridgehead atoms. The van der Waals surface area contributed by atoms with E-state index in [1.54, 1.807) is 17.8 Å². The monoisotopic (exact) mass is 417 g/mol. The first-order valence-electron chi connectivity index (χ1n) is 10.1. The van der Waals surface area contributed by atoms with Crippen molar-refractivity contribution >= 4 is 29.1 Å². The summed E-state index contributed by atoms with van der Waals surface area (Å²) in [5.74, 6) is -0.736. The molecule has 0 saturated heterocycles. The van der Waals surface area contributed by atoms with Crippen LogP contribution in [0.3, 0.4) is 0 Å². The number of thioether (sulfide) groups is 1. The number of benzene rings is 2. The molecule has 3 rings (SSSR count). The summed E-state index contributed by atoms with van der Waals surface area (Å²) in [6.45, 7) is 4.70. The van der Waals surface area contributed by atoms with Gasteiger partial charge in [-0.25, -0.2) is 9.18 Å². The molecule has 1 N–H and O–H groups in total. The van der Waals surface area contributed by atoms with Crippen molar-refractivity contribution in [3.8, 4) is 5.75 Å². The van der Waals surface area contributed by atoms with Crippen LogP contribution in [0.5, 0.6) is 5.75 Å². The van der Waals surface area contributed by atoms with Gasteiger partial charge >= 0.3 is 5.97 Å². The Labute approximate surface area is 176 Å². The molecule has 1 heterocycles. The third kappa shape index (κ3) is 5.04. The highest BCUT2D eigenvalue weighted by Crippen LogP contribution is 2.48. The topological polar surface area (TPSA) is 49.8 Å². The van der Waals surface area contributed by atoms with E-state index in [4.69, 9.17) is 9.84 Å². The molecule has 29 heavy (non-hydrogen) atoms.